The van der Waals surface area contributed by atoms with Gasteiger partial charge in [0.2, 0.25) is 0 Å². The molecule has 0 radical (unpaired) electrons. The van der Waals surface area contributed by atoms with Crippen molar-refractivity contribution in [3.8, 4) is 5.75 Å². The molecule has 1 aromatic heterocycles. The maximum atomic E-state index is 13.4. The first-order valence-electron chi connectivity index (χ1n) is 5.12. The Kier molecular flexibility index (Phi) is 3.57. The number of halogens is 1. The van der Waals surface area contributed by atoms with Gasteiger partial charge in [0.05, 0.1) is 13.7 Å². The molecule has 0 aliphatic heterocycles. The Hall–Kier alpha value is -1.95. The summed E-state index contributed by atoms with van der Waals surface area (Å²) >= 11 is 1.01. The lowest BCUT2D eigenvalue weighted by Gasteiger charge is -2.05. The molecule has 1 heterocycles. The number of nitrogens with zero attached hydrogens (tertiary/aromatic N) is 1. The van der Waals surface area contributed by atoms with Crippen molar-refractivity contribution >= 4 is 17.1 Å². The topological polar surface area (TPSA) is 48.3 Å². The zero-order chi connectivity index (χ0) is 13.1. The fourth-order valence-corrected chi connectivity index (χ4v) is 2.08. The second kappa shape index (κ2) is 5.14. The van der Waals surface area contributed by atoms with Gasteiger partial charge in [-0.3, -0.25) is 14.2 Å². The molecule has 0 bridgehead atoms. The molecule has 0 saturated carbocycles. The van der Waals surface area contributed by atoms with E-state index >= 15 is 0 Å². The Labute approximate surface area is 106 Å². The van der Waals surface area contributed by atoms with Gasteiger partial charge < -0.3 is 4.74 Å². The average molecular weight is 267 g/mol. The Bertz CT molecular complexity index is 632. The highest BCUT2D eigenvalue weighted by Crippen LogP contribution is 2.18. The SMILES string of the molecule is COc1ccc(C(=O)Cn2ccsc2=O)cc1F. The monoisotopic (exact) mass is 267 g/mol. The predicted molar refractivity (Wildman–Crippen MR) is 65.9 cm³/mol. The number of ketones is 1. The molecular formula is C12H10FNO3S. The molecule has 0 aliphatic carbocycles. The Balaban J connectivity index is 2.22. The zero-order valence-electron chi connectivity index (χ0n) is 9.55. The van der Waals surface area contributed by atoms with Crippen LogP contribution in [0.2, 0.25) is 0 Å². The molecule has 0 N–H and O–H groups in total. The quantitative estimate of drug-likeness (QED) is 0.795. The zero-order valence-corrected chi connectivity index (χ0v) is 10.4. The number of ether oxygens (including phenoxy) is 1. The van der Waals surface area contributed by atoms with Gasteiger partial charge >= 0.3 is 4.87 Å². The molecular weight excluding hydrogens is 257 g/mol. The summed E-state index contributed by atoms with van der Waals surface area (Å²) in [6.45, 7) is -0.0892. The summed E-state index contributed by atoms with van der Waals surface area (Å²) in [6, 6.07) is 3.97. The summed E-state index contributed by atoms with van der Waals surface area (Å²) in [4.78, 5) is 22.9. The maximum Gasteiger partial charge on any atom is 0.307 e. The van der Waals surface area contributed by atoms with Gasteiger partial charge in [-0.05, 0) is 18.2 Å². The van der Waals surface area contributed by atoms with Gasteiger partial charge in [-0.1, -0.05) is 11.3 Å². The first-order chi connectivity index (χ1) is 8.61. The number of Topliss-reactive ketones (excluding diaryl/α,β-unsaturated/α-hetero) is 1. The van der Waals surface area contributed by atoms with E-state index in [1.165, 1.54) is 30.0 Å². The number of carbonyl (C=O) groups excluding carboxylic acids is 1. The van der Waals surface area contributed by atoms with Crippen LogP contribution in [0.15, 0.2) is 34.6 Å². The van der Waals surface area contributed by atoms with Gasteiger partial charge in [0.25, 0.3) is 0 Å². The number of aromatic nitrogens is 1. The van der Waals surface area contributed by atoms with Gasteiger partial charge in [0, 0.05) is 17.1 Å². The van der Waals surface area contributed by atoms with Crippen LogP contribution in [0.1, 0.15) is 10.4 Å². The second-order valence-electron chi connectivity index (χ2n) is 3.57. The van der Waals surface area contributed by atoms with Crippen LogP contribution >= 0.6 is 11.3 Å². The summed E-state index contributed by atoms with van der Waals surface area (Å²) in [5, 5.41) is 1.60. The highest BCUT2D eigenvalue weighted by molar-refractivity contribution is 7.07. The van der Waals surface area contributed by atoms with E-state index in [0.29, 0.717) is 0 Å². The molecule has 0 atom stereocenters. The van der Waals surface area contributed by atoms with Crippen molar-refractivity contribution in [2.75, 3.05) is 7.11 Å². The van der Waals surface area contributed by atoms with Crippen LogP contribution in [-0.2, 0) is 6.54 Å². The Morgan fingerprint density at radius 2 is 2.28 bits per heavy atom. The van der Waals surface area contributed by atoms with E-state index in [1.54, 1.807) is 5.38 Å². The average Bonchev–Trinajstić information content (AvgIpc) is 2.75. The third kappa shape index (κ3) is 2.48. The van der Waals surface area contributed by atoms with Crippen LogP contribution in [0.4, 0.5) is 4.39 Å². The fraction of sp³-hybridized carbons (Fsp3) is 0.167. The lowest BCUT2D eigenvalue weighted by molar-refractivity contribution is 0.0971. The number of methoxy groups -OCH3 is 1. The molecule has 18 heavy (non-hydrogen) atoms. The molecule has 0 fully saturated rings. The Morgan fingerprint density at radius 3 is 2.83 bits per heavy atom. The van der Waals surface area contributed by atoms with Gasteiger partial charge in [0.15, 0.2) is 17.3 Å². The van der Waals surface area contributed by atoms with E-state index in [-0.39, 0.29) is 28.5 Å². The van der Waals surface area contributed by atoms with Crippen LogP contribution in [0.25, 0.3) is 0 Å². The van der Waals surface area contributed by atoms with Crippen molar-refractivity contribution in [3.05, 3.63) is 50.8 Å². The van der Waals surface area contributed by atoms with Crippen LogP contribution in [0.3, 0.4) is 0 Å². The summed E-state index contributed by atoms with van der Waals surface area (Å²) in [5.74, 6) is -0.836. The van der Waals surface area contributed by atoms with Gasteiger partial charge in [0.1, 0.15) is 0 Å². The summed E-state index contributed by atoms with van der Waals surface area (Å²) in [5.41, 5.74) is 0.214. The standard InChI is InChI=1S/C12H10FNO3S/c1-17-11-3-2-8(6-9(11)13)10(15)7-14-4-5-18-12(14)16/h2-6H,7H2,1H3. The number of thiazole rings is 1. The van der Waals surface area contributed by atoms with Crippen LogP contribution < -0.4 is 9.61 Å². The molecule has 0 amide bonds. The number of hydrogen-bond acceptors (Lipinski definition) is 4. The number of carbonyl (C=O) groups is 1. The molecule has 1 aromatic carbocycles. The van der Waals surface area contributed by atoms with Crippen molar-refractivity contribution in [2.24, 2.45) is 0 Å². The molecule has 2 rings (SSSR count). The number of hydrogen-bond donors (Lipinski definition) is 0. The lowest BCUT2D eigenvalue weighted by Crippen LogP contribution is -2.18. The Morgan fingerprint density at radius 1 is 1.50 bits per heavy atom. The van der Waals surface area contributed by atoms with Crippen LogP contribution in [-0.4, -0.2) is 17.5 Å². The third-order valence-electron chi connectivity index (χ3n) is 2.43. The predicted octanol–water partition coefficient (Wildman–Crippen LogP) is 1.94. The van der Waals surface area contributed by atoms with Crippen molar-refractivity contribution in [1.82, 2.24) is 4.57 Å². The summed E-state index contributed by atoms with van der Waals surface area (Å²) in [6.07, 6.45) is 1.53. The minimum Gasteiger partial charge on any atom is -0.494 e. The largest absolute Gasteiger partial charge is 0.494 e. The van der Waals surface area contributed by atoms with Crippen LogP contribution in [0.5, 0.6) is 5.75 Å². The molecule has 0 unspecified atom stereocenters. The first-order valence-corrected chi connectivity index (χ1v) is 6.00. The molecule has 2 aromatic rings. The van der Waals surface area contributed by atoms with Gasteiger partial charge in [-0.25, -0.2) is 4.39 Å². The minimum absolute atomic E-state index is 0.0826. The molecule has 0 saturated heterocycles. The normalized spacial score (nSPS) is 10.3. The fourth-order valence-electron chi connectivity index (χ4n) is 1.49. The van der Waals surface area contributed by atoms with Gasteiger partial charge in [-0.2, -0.15) is 0 Å². The van der Waals surface area contributed by atoms with Crippen molar-refractivity contribution in [3.63, 3.8) is 0 Å². The molecule has 94 valence electrons. The van der Waals surface area contributed by atoms with E-state index in [1.807, 2.05) is 0 Å². The van der Waals surface area contributed by atoms with Crippen molar-refractivity contribution in [2.45, 2.75) is 6.54 Å². The van der Waals surface area contributed by atoms with Crippen molar-refractivity contribution in [1.29, 1.82) is 0 Å². The van der Waals surface area contributed by atoms with E-state index in [4.69, 9.17) is 4.74 Å². The smallest absolute Gasteiger partial charge is 0.307 e. The highest BCUT2D eigenvalue weighted by atomic mass is 32.1. The van der Waals surface area contributed by atoms with E-state index in [2.05, 4.69) is 0 Å². The number of rotatable bonds is 4. The first kappa shape index (κ1) is 12.5. The lowest BCUT2D eigenvalue weighted by atomic mass is 10.1. The molecule has 0 spiro atoms. The summed E-state index contributed by atoms with van der Waals surface area (Å²) < 4.78 is 19.5. The van der Waals surface area contributed by atoms with E-state index in [0.717, 1.165) is 17.4 Å². The third-order valence-corrected chi connectivity index (χ3v) is 3.13. The van der Waals surface area contributed by atoms with E-state index in [9.17, 15) is 14.0 Å². The summed E-state index contributed by atoms with van der Waals surface area (Å²) in [7, 11) is 1.35. The maximum absolute atomic E-state index is 13.4. The molecule has 0 aliphatic rings. The second-order valence-corrected chi connectivity index (χ2v) is 4.43. The molecule has 6 heteroatoms. The van der Waals surface area contributed by atoms with E-state index < -0.39 is 5.82 Å². The van der Waals surface area contributed by atoms with Crippen LogP contribution in [0, 0.1) is 5.82 Å². The highest BCUT2D eigenvalue weighted by Gasteiger charge is 2.11. The minimum atomic E-state index is -0.596. The number of benzene rings is 1. The van der Waals surface area contributed by atoms with Gasteiger partial charge in [-0.15, -0.1) is 0 Å². The van der Waals surface area contributed by atoms with Crippen molar-refractivity contribution < 1.29 is 13.9 Å². The molecule has 4 nitrogen and oxygen atoms in total.